The number of rotatable bonds is 6. The lowest BCUT2D eigenvalue weighted by atomic mass is 10.1. The molecule has 4 nitrogen and oxygen atoms in total. The van der Waals surface area contributed by atoms with Crippen LogP contribution in [0.1, 0.15) is 60.7 Å². The van der Waals surface area contributed by atoms with E-state index in [2.05, 4.69) is 31.1 Å². The molecule has 0 radical (unpaired) electrons. The summed E-state index contributed by atoms with van der Waals surface area (Å²) >= 11 is 1.57. The van der Waals surface area contributed by atoms with Gasteiger partial charge in [0.25, 0.3) is 5.91 Å². The number of hydrogen-bond acceptors (Lipinski definition) is 4. The van der Waals surface area contributed by atoms with Crippen molar-refractivity contribution in [2.24, 2.45) is 5.92 Å². The molecule has 21 heavy (non-hydrogen) atoms. The first-order valence-electron chi connectivity index (χ1n) is 7.91. The minimum Gasteiger partial charge on any atom is -0.397 e. The smallest absolute Gasteiger partial charge is 0.263 e. The van der Waals surface area contributed by atoms with Crippen molar-refractivity contribution < 1.29 is 4.79 Å². The zero-order chi connectivity index (χ0) is 15.1. The van der Waals surface area contributed by atoms with E-state index >= 15 is 0 Å². The van der Waals surface area contributed by atoms with Crippen LogP contribution in [0, 0.1) is 5.92 Å². The van der Waals surface area contributed by atoms with Crippen molar-refractivity contribution in [2.45, 2.75) is 51.5 Å². The predicted molar refractivity (Wildman–Crippen MR) is 89.3 cm³/mol. The van der Waals surface area contributed by atoms with E-state index in [9.17, 15) is 4.79 Å². The molecule has 0 saturated heterocycles. The number of hydrogen-bond donors (Lipinski definition) is 2. The van der Waals surface area contributed by atoms with Gasteiger partial charge in [0.05, 0.1) is 10.7 Å². The molecule has 1 aromatic rings. The summed E-state index contributed by atoms with van der Waals surface area (Å²) in [6.45, 7) is 5.42. The zero-order valence-corrected chi connectivity index (χ0v) is 13.9. The summed E-state index contributed by atoms with van der Waals surface area (Å²) in [5.41, 5.74) is 8.29. The fourth-order valence-corrected chi connectivity index (χ4v) is 3.95. The molecule has 0 bridgehead atoms. The highest BCUT2D eigenvalue weighted by Gasteiger charge is 2.35. The number of nitrogens with two attached hydrogens (primary N) is 1. The average molecular weight is 307 g/mol. The Morgan fingerprint density at radius 3 is 2.57 bits per heavy atom. The molecule has 0 aromatic carbocycles. The molecular weight excluding hydrogens is 282 g/mol. The molecule has 0 aliphatic heterocycles. The highest BCUT2D eigenvalue weighted by molar-refractivity contribution is 7.18. The maximum Gasteiger partial charge on any atom is 0.263 e. The van der Waals surface area contributed by atoms with Crippen LogP contribution >= 0.6 is 11.3 Å². The van der Waals surface area contributed by atoms with Gasteiger partial charge in [0.1, 0.15) is 4.88 Å². The Kier molecular flexibility index (Phi) is 3.86. The Morgan fingerprint density at radius 1 is 1.38 bits per heavy atom. The van der Waals surface area contributed by atoms with Crippen molar-refractivity contribution in [1.82, 2.24) is 5.32 Å². The van der Waals surface area contributed by atoms with Crippen LogP contribution in [-0.4, -0.2) is 25.5 Å². The van der Waals surface area contributed by atoms with Gasteiger partial charge in [-0.2, -0.15) is 0 Å². The predicted octanol–water partition coefficient (Wildman–Crippen LogP) is 3.19. The van der Waals surface area contributed by atoms with Crippen molar-refractivity contribution in [3.05, 3.63) is 10.4 Å². The minimum atomic E-state index is 0.0195. The van der Waals surface area contributed by atoms with Crippen molar-refractivity contribution in [1.29, 1.82) is 0 Å². The topological polar surface area (TPSA) is 58.4 Å². The fraction of sp³-hybridized carbons (Fsp3) is 0.688. The number of thiophene rings is 1. The average Bonchev–Trinajstić information content (AvgIpc) is 3.29. The van der Waals surface area contributed by atoms with Gasteiger partial charge in [0, 0.05) is 25.2 Å². The second-order valence-corrected chi connectivity index (χ2v) is 7.86. The van der Waals surface area contributed by atoms with E-state index in [4.69, 9.17) is 5.73 Å². The van der Waals surface area contributed by atoms with E-state index in [-0.39, 0.29) is 5.91 Å². The molecule has 3 rings (SSSR count). The third-order valence-electron chi connectivity index (χ3n) is 4.05. The lowest BCUT2D eigenvalue weighted by Crippen LogP contribution is -2.25. The number of carbonyl (C=O) groups is 1. The largest absolute Gasteiger partial charge is 0.397 e. The van der Waals surface area contributed by atoms with Gasteiger partial charge in [0.15, 0.2) is 0 Å². The third-order valence-corrected chi connectivity index (χ3v) is 5.39. The first kappa shape index (κ1) is 14.7. The third kappa shape index (κ3) is 3.18. The summed E-state index contributed by atoms with van der Waals surface area (Å²) in [5, 5.41) is 4.26. The van der Waals surface area contributed by atoms with E-state index in [1.54, 1.807) is 11.3 Å². The second kappa shape index (κ2) is 5.52. The van der Waals surface area contributed by atoms with Gasteiger partial charge in [-0.3, -0.25) is 4.79 Å². The van der Waals surface area contributed by atoms with Crippen molar-refractivity contribution in [3.63, 3.8) is 0 Å². The van der Waals surface area contributed by atoms with Crippen LogP contribution in [0.15, 0.2) is 0 Å². The normalized spacial score (nSPS) is 18.1. The van der Waals surface area contributed by atoms with Crippen LogP contribution in [0.3, 0.4) is 0 Å². The van der Waals surface area contributed by atoms with E-state index in [1.807, 2.05) is 0 Å². The molecule has 0 atom stereocenters. The Morgan fingerprint density at radius 2 is 2.05 bits per heavy atom. The number of carbonyl (C=O) groups excluding carboxylic acids is 1. The SMILES string of the molecule is CC(C)CN(C)c1sc(C(=O)NC2CC2)c(N)c1C1CC1. The van der Waals surface area contributed by atoms with Gasteiger partial charge in [-0.05, 0) is 37.5 Å². The monoisotopic (exact) mass is 307 g/mol. The van der Waals surface area contributed by atoms with Crippen molar-refractivity contribution in [3.8, 4) is 0 Å². The Balaban J connectivity index is 1.88. The summed E-state index contributed by atoms with van der Waals surface area (Å²) in [6, 6.07) is 0.375. The molecule has 2 aliphatic carbocycles. The summed E-state index contributed by atoms with van der Waals surface area (Å²) in [4.78, 5) is 15.4. The zero-order valence-electron chi connectivity index (χ0n) is 13.1. The molecule has 2 aliphatic rings. The maximum atomic E-state index is 12.4. The van der Waals surface area contributed by atoms with Crippen molar-refractivity contribution >= 4 is 27.9 Å². The standard InChI is InChI=1S/C16H25N3OS/c1-9(2)8-19(3)16-12(10-4-5-10)13(17)14(21-16)15(20)18-11-6-7-11/h9-11H,4-8,17H2,1-3H3,(H,18,20). The van der Waals surface area contributed by atoms with Gasteiger partial charge < -0.3 is 16.0 Å². The van der Waals surface area contributed by atoms with Gasteiger partial charge in [-0.15, -0.1) is 11.3 Å². The van der Waals surface area contributed by atoms with Crippen LogP contribution in [0.5, 0.6) is 0 Å². The van der Waals surface area contributed by atoms with Crippen molar-refractivity contribution in [2.75, 3.05) is 24.2 Å². The Bertz CT molecular complexity index is 544. The Hall–Kier alpha value is -1.23. The van der Waals surface area contributed by atoms with Crippen LogP contribution in [0.25, 0.3) is 0 Å². The van der Waals surface area contributed by atoms with E-state index in [0.717, 1.165) is 30.0 Å². The Labute approximate surface area is 130 Å². The summed E-state index contributed by atoms with van der Waals surface area (Å²) in [7, 11) is 2.11. The molecule has 1 heterocycles. The molecule has 2 saturated carbocycles. The minimum absolute atomic E-state index is 0.0195. The molecule has 0 unspecified atom stereocenters. The quantitative estimate of drug-likeness (QED) is 0.848. The fourth-order valence-electron chi connectivity index (χ4n) is 2.77. The number of anilines is 2. The molecule has 0 spiro atoms. The second-order valence-electron chi connectivity index (χ2n) is 6.86. The molecule has 116 valence electrons. The molecule has 1 aromatic heterocycles. The van der Waals surface area contributed by atoms with Crippen LogP contribution in [-0.2, 0) is 0 Å². The maximum absolute atomic E-state index is 12.4. The number of amides is 1. The number of nitrogens with zero attached hydrogens (tertiary/aromatic N) is 1. The molecular formula is C16H25N3OS. The summed E-state index contributed by atoms with van der Waals surface area (Å²) in [6.07, 6.45) is 4.61. The van der Waals surface area contributed by atoms with Crippen LogP contribution < -0.4 is 16.0 Å². The first-order valence-corrected chi connectivity index (χ1v) is 8.73. The van der Waals surface area contributed by atoms with E-state index in [1.165, 1.54) is 23.4 Å². The number of nitrogen functional groups attached to an aromatic ring is 1. The van der Waals surface area contributed by atoms with Gasteiger partial charge in [0.2, 0.25) is 0 Å². The van der Waals surface area contributed by atoms with E-state index in [0.29, 0.717) is 17.9 Å². The van der Waals surface area contributed by atoms with Gasteiger partial charge in [-0.1, -0.05) is 13.8 Å². The molecule has 1 amide bonds. The highest BCUT2D eigenvalue weighted by Crippen LogP contribution is 2.51. The first-order chi connectivity index (χ1) is 9.97. The van der Waals surface area contributed by atoms with E-state index < -0.39 is 0 Å². The van der Waals surface area contributed by atoms with Crippen LogP contribution in [0.2, 0.25) is 0 Å². The summed E-state index contributed by atoms with van der Waals surface area (Å²) in [5.74, 6) is 1.17. The van der Waals surface area contributed by atoms with Gasteiger partial charge in [-0.25, -0.2) is 0 Å². The lowest BCUT2D eigenvalue weighted by molar-refractivity contribution is 0.0956. The summed E-state index contributed by atoms with van der Waals surface area (Å²) < 4.78 is 0. The lowest BCUT2D eigenvalue weighted by Gasteiger charge is -2.21. The van der Waals surface area contributed by atoms with Gasteiger partial charge >= 0.3 is 0 Å². The number of nitrogens with one attached hydrogen (secondary N) is 1. The molecule has 3 N–H and O–H groups in total. The molecule has 2 fully saturated rings. The molecule has 5 heteroatoms. The van der Waals surface area contributed by atoms with Crippen LogP contribution in [0.4, 0.5) is 10.7 Å². The highest BCUT2D eigenvalue weighted by atomic mass is 32.1.